The zero-order chi connectivity index (χ0) is 15.6. The lowest BCUT2D eigenvalue weighted by Crippen LogP contribution is -2.22. The summed E-state index contributed by atoms with van der Waals surface area (Å²) in [4.78, 5) is 0. The van der Waals surface area contributed by atoms with Crippen molar-refractivity contribution in [2.45, 2.75) is 25.9 Å². The van der Waals surface area contributed by atoms with Crippen molar-refractivity contribution in [1.82, 2.24) is 5.32 Å². The topological polar surface area (TPSA) is 12.0 Å². The Morgan fingerprint density at radius 3 is 1.86 bits per heavy atom. The van der Waals surface area contributed by atoms with Gasteiger partial charge in [0.2, 0.25) is 0 Å². The fourth-order valence-electron chi connectivity index (χ4n) is 2.13. The lowest BCUT2D eigenvalue weighted by atomic mass is 10.0. The van der Waals surface area contributed by atoms with Crippen LogP contribution in [0, 0.1) is 17.5 Å². The molecule has 2 rings (SSSR count). The molecule has 0 radical (unpaired) electrons. The summed E-state index contributed by atoms with van der Waals surface area (Å²) >= 11 is 5.76. The zero-order valence-electron chi connectivity index (χ0n) is 11.6. The fraction of sp³-hybridized carbons (Fsp3) is 0.250. The molecule has 0 aromatic heterocycles. The van der Waals surface area contributed by atoms with Crippen molar-refractivity contribution in [2.24, 2.45) is 0 Å². The van der Waals surface area contributed by atoms with Crippen LogP contribution < -0.4 is 5.32 Å². The molecule has 112 valence electrons. The van der Waals surface area contributed by atoms with Crippen LogP contribution in [0.4, 0.5) is 13.2 Å². The van der Waals surface area contributed by atoms with E-state index in [1.165, 1.54) is 12.1 Å². The van der Waals surface area contributed by atoms with E-state index in [-0.39, 0.29) is 17.1 Å². The molecule has 0 aliphatic rings. The van der Waals surface area contributed by atoms with Gasteiger partial charge >= 0.3 is 0 Å². The highest BCUT2D eigenvalue weighted by atomic mass is 35.5. The van der Waals surface area contributed by atoms with E-state index in [1.54, 1.807) is 12.1 Å². The molecule has 0 bridgehead atoms. The van der Waals surface area contributed by atoms with Crippen molar-refractivity contribution in [3.63, 3.8) is 0 Å². The van der Waals surface area contributed by atoms with Gasteiger partial charge in [-0.25, -0.2) is 13.2 Å². The normalized spacial score (nSPS) is 14.0. The molecule has 5 heteroatoms. The van der Waals surface area contributed by atoms with Crippen molar-refractivity contribution in [1.29, 1.82) is 0 Å². The Balaban J connectivity index is 2.12. The van der Waals surface area contributed by atoms with E-state index in [1.807, 2.05) is 13.8 Å². The van der Waals surface area contributed by atoms with Gasteiger partial charge in [0.05, 0.1) is 5.02 Å². The molecule has 0 aliphatic heterocycles. The maximum absolute atomic E-state index is 13.2. The quantitative estimate of drug-likeness (QED) is 0.821. The predicted octanol–water partition coefficient (Wildman–Crippen LogP) is 5.17. The molecule has 0 aliphatic carbocycles. The summed E-state index contributed by atoms with van der Waals surface area (Å²) in [6.07, 6.45) is 0. The second-order valence-electron chi connectivity index (χ2n) is 4.96. The maximum Gasteiger partial charge on any atom is 0.159 e. The second-order valence-corrected chi connectivity index (χ2v) is 5.36. The first-order chi connectivity index (χ1) is 9.88. The van der Waals surface area contributed by atoms with Gasteiger partial charge in [-0.1, -0.05) is 23.7 Å². The summed E-state index contributed by atoms with van der Waals surface area (Å²) in [7, 11) is 0. The van der Waals surface area contributed by atoms with Crippen molar-refractivity contribution >= 4 is 11.6 Å². The monoisotopic (exact) mass is 313 g/mol. The third-order valence-corrected chi connectivity index (χ3v) is 3.68. The number of hydrogen-bond donors (Lipinski definition) is 1. The molecule has 1 N–H and O–H groups in total. The second kappa shape index (κ2) is 6.50. The van der Waals surface area contributed by atoms with E-state index in [2.05, 4.69) is 5.32 Å². The molecule has 0 amide bonds. The van der Waals surface area contributed by atoms with Crippen LogP contribution in [0.1, 0.15) is 37.1 Å². The molecule has 0 saturated heterocycles. The highest BCUT2D eigenvalue weighted by molar-refractivity contribution is 6.30. The largest absolute Gasteiger partial charge is 0.304 e. The molecule has 2 unspecified atom stereocenters. The van der Waals surface area contributed by atoms with E-state index in [9.17, 15) is 13.2 Å². The molecule has 0 saturated carbocycles. The first kappa shape index (κ1) is 15.9. The third-order valence-electron chi connectivity index (χ3n) is 3.39. The number of nitrogens with one attached hydrogen (secondary N) is 1. The Bertz CT molecular complexity index is 590. The molecule has 1 nitrogen and oxygen atoms in total. The van der Waals surface area contributed by atoms with Crippen LogP contribution in [0.2, 0.25) is 5.02 Å². The van der Waals surface area contributed by atoms with E-state index in [4.69, 9.17) is 11.6 Å². The first-order valence-corrected chi connectivity index (χ1v) is 6.92. The Hall–Kier alpha value is -1.52. The van der Waals surface area contributed by atoms with E-state index >= 15 is 0 Å². The Morgan fingerprint density at radius 2 is 1.33 bits per heavy atom. The molecule has 21 heavy (non-hydrogen) atoms. The van der Waals surface area contributed by atoms with Crippen LogP contribution >= 0.6 is 11.6 Å². The Morgan fingerprint density at radius 1 is 0.810 bits per heavy atom. The van der Waals surface area contributed by atoms with Gasteiger partial charge in [-0.3, -0.25) is 0 Å². The van der Waals surface area contributed by atoms with Gasteiger partial charge in [0.15, 0.2) is 11.6 Å². The van der Waals surface area contributed by atoms with Crippen LogP contribution in [0.15, 0.2) is 36.4 Å². The average molecular weight is 314 g/mol. The lowest BCUT2D eigenvalue weighted by Gasteiger charge is -2.21. The van der Waals surface area contributed by atoms with E-state index in [0.29, 0.717) is 5.56 Å². The molecule has 0 spiro atoms. The van der Waals surface area contributed by atoms with Gasteiger partial charge in [-0.2, -0.15) is 0 Å². The summed E-state index contributed by atoms with van der Waals surface area (Å²) in [5, 5.41) is 3.29. The van der Waals surface area contributed by atoms with Crippen molar-refractivity contribution < 1.29 is 13.2 Å². The van der Waals surface area contributed by atoms with Crippen molar-refractivity contribution in [2.75, 3.05) is 0 Å². The fourth-order valence-corrected chi connectivity index (χ4v) is 2.32. The first-order valence-electron chi connectivity index (χ1n) is 6.54. The lowest BCUT2D eigenvalue weighted by molar-refractivity contribution is 0.479. The average Bonchev–Trinajstić information content (AvgIpc) is 2.44. The van der Waals surface area contributed by atoms with E-state index in [0.717, 1.165) is 17.7 Å². The minimum absolute atomic E-state index is 0.0571. The van der Waals surface area contributed by atoms with Gasteiger partial charge in [0.25, 0.3) is 0 Å². The number of rotatable bonds is 4. The van der Waals surface area contributed by atoms with Gasteiger partial charge in [0.1, 0.15) is 5.82 Å². The minimum Gasteiger partial charge on any atom is -0.304 e. The number of benzene rings is 2. The van der Waals surface area contributed by atoms with Crippen LogP contribution in [-0.2, 0) is 0 Å². The summed E-state index contributed by atoms with van der Waals surface area (Å²) in [5.41, 5.74) is 1.45. The van der Waals surface area contributed by atoms with Gasteiger partial charge in [-0.15, -0.1) is 0 Å². The van der Waals surface area contributed by atoms with Crippen LogP contribution in [0.5, 0.6) is 0 Å². The smallest absolute Gasteiger partial charge is 0.159 e. The Labute approximate surface area is 126 Å². The number of halogens is 4. The van der Waals surface area contributed by atoms with Gasteiger partial charge in [0, 0.05) is 12.1 Å². The summed E-state index contributed by atoms with van der Waals surface area (Å²) in [6.45, 7) is 3.73. The van der Waals surface area contributed by atoms with Crippen molar-refractivity contribution in [3.8, 4) is 0 Å². The molecule has 0 fully saturated rings. The van der Waals surface area contributed by atoms with Crippen LogP contribution in [-0.4, -0.2) is 0 Å². The maximum atomic E-state index is 13.2. The van der Waals surface area contributed by atoms with E-state index < -0.39 is 17.5 Å². The van der Waals surface area contributed by atoms with Crippen molar-refractivity contribution in [3.05, 3.63) is 70.0 Å². The van der Waals surface area contributed by atoms with Gasteiger partial charge < -0.3 is 5.32 Å². The molecular weight excluding hydrogens is 299 g/mol. The highest BCUT2D eigenvalue weighted by Gasteiger charge is 2.14. The zero-order valence-corrected chi connectivity index (χ0v) is 12.4. The Kier molecular flexibility index (Phi) is 4.91. The molecule has 0 heterocycles. The molecular formula is C16H15ClF3N. The number of hydrogen-bond acceptors (Lipinski definition) is 1. The van der Waals surface area contributed by atoms with Crippen LogP contribution in [0.25, 0.3) is 0 Å². The standard InChI is InChI=1S/C16H15ClF3N/c1-9(11-3-5-14(18)13(17)7-11)21-10(2)12-4-6-15(19)16(20)8-12/h3-10,21H,1-2H3. The summed E-state index contributed by atoms with van der Waals surface area (Å²) < 4.78 is 39.3. The highest BCUT2D eigenvalue weighted by Crippen LogP contribution is 2.24. The molecule has 2 aromatic rings. The minimum atomic E-state index is -0.876. The third kappa shape index (κ3) is 3.77. The van der Waals surface area contributed by atoms with Crippen LogP contribution in [0.3, 0.4) is 0 Å². The molecule has 2 aromatic carbocycles. The predicted molar refractivity (Wildman–Crippen MR) is 77.7 cm³/mol. The molecule has 2 atom stereocenters. The van der Waals surface area contributed by atoms with Gasteiger partial charge in [-0.05, 0) is 49.2 Å². The summed E-state index contributed by atoms with van der Waals surface area (Å²) in [6, 6.07) is 7.96. The summed E-state index contributed by atoms with van der Waals surface area (Å²) in [5.74, 6) is -2.22. The SMILES string of the molecule is CC(NC(C)c1ccc(F)c(Cl)c1)c1ccc(F)c(F)c1.